The van der Waals surface area contributed by atoms with Crippen molar-refractivity contribution in [2.45, 2.75) is 18.9 Å². The summed E-state index contributed by atoms with van der Waals surface area (Å²) in [5, 5.41) is 7.39. The number of nitrogens with one attached hydrogen (secondary N) is 1. The topological polar surface area (TPSA) is 100 Å². The van der Waals surface area contributed by atoms with E-state index in [1.54, 1.807) is 24.8 Å². The normalized spacial score (nSPS) is 14.6. The van der Waals surface area contributed by atoms with Gasteiger partial charge in [-0.3, -0.25) is 9.78 Å². The number of carbonyl (C=O) groups is 1. The van der Waals surface area contributed by atoms with Crippen LogP contribution >= 0.6 is 0 Å². The van der Waals surface area contributed by atoms with Gasteiger partial charge >= 0.3 is 0 Å². The summed E-state index contributed by atoms with van der Waals surface area (Å²) in [6, 6.07) is 7.54. The Hall–Kier alpha value is -3.49. The van der Waals surface area contributed by atoms with Crippen molar-refractivity contribution in [3.05, 3.63) is 48.7 Å². The smallest absolute Gasteiger partial charge is 0.276 e. The summed E-state index contributed by atoms with van der Waals surface area (Å²) in [5.74, 6) is 2.08. The van der Waals surface area contributed by atoms with E-state index in [9.17, 15) is 4.79 Å². The lowest BCUT2D eigenvalue weighted by Crippen LogP contribution is -2.42. The molecule has 150 valence electrons. The largest absolute Gasteiger partial charge is 0.367 e. The van der Waals surface area contributed by atoms with Gasteiger partial charge in [-0.2, -0.15) is 0 Å². The van der Waals surface area contributed by atoms with E-state index in [4.69, 9.17) is 4.52 Å². The molecule has 4 heterocycles. The second-order valence-electron chi connectivity index (χ2n) is 7.18. The first-order chi connectivity index (χ1) is 14.1. The van der Waals surface area contributed by atoms with Gasteiger partial charge in [0.05, 0.1) is 0 Å². The fourth-order valence-electron chi connectivity index (χ4n) is 3.29. The molecule has 0 aliphatic carbocycles. The summed E-state index contributed by atoms with van der Waals surface area (Å²) in [6.45, 7) is 1.30. The van der Waals surface area contributed by atoms with Crippen molar-refractivity contribution in [3.63, 3.8) is 0 Å². The first kappa shape index (κ1) is 18.9. The van der Waals surface area contributed by atoms with Crippen LogP contribution in [0.4, 0.5) is 11.6 Å². The van der Waals surface area contributed by atoms with E-state index in [1.807, 2.05) is 42.1 Å². The highest BCUT2D eigenvalue weighted by molar-refractivity contribution is 5.93. The number of pyridine rings is 1. The van der Waals surface area contributed by atoms with Crippen molar-refractivity contribution < 1.29 is 9.32 Å². The number of aromatic nitrogens is 4. The lowest BCUT2D eigenvalue weighted by Gasteiger charge is -2.32. The van der Waals surface area contributed by atoms with Crippen LogP contribution < -0.4 is 10.2 Å². The maximum Gasteiger partial charge on any atom is 0.276 e. The third-order valence-corrected chi connectivity index (χ3v) is 4.92. The predicted molar refractivity (Wildman–Crippen MR) is 109 cm³/mol. The second kappa shape index (κ2) is 8.26. The zero-order valence-electron chi connectivity index (χ0n) is 16.4. The Balaban J connectivity index is 1.34. The molecule has 0 aromatic carbocycles. The molecule has 3 aromatic rings. The average molecular weight is 393 g/mol. The zero-order chi connectivity index (χ0) is 20.2. The molecule has 1 aliphatic heterocycles. The van der Waals surface area contributed by atoms with Crippen LogP contribution in [-0.2, 0) is 0 Å². The predicted octanol–water partition coefficient (Wildman–Crippen LogP) is 2.31. The summed E-state index contributed by atoms with van der Waals surface area (Å²) in [7, 11) is 3.89. The molecule has 0 radical (unpaired) electrons. The standard InChI is InChI=1S/C20H23N7O2/c1-26(2)19-11-18(22-13-23-19)24-15-5-8-27(9-6-15)20(28)16-10-17(29-25-16)14-4-3-7-21-12-14/h3-4,7,10-13,15H,5-6,8-9H2,1-2H3,(H,22,23,24). The van der Waals surface area contributed by atoms with Crippen LogP contribution in [0.3, 0.4) is 0 Å². The van der Waals surface area contributed by atoms with Crippen LogP contribution in [0.2, 0.25) is 0 Å². The summed E-state index contributed by atoms with van der Waals surface area (Å²) >= 11 is 0. The molecule has 1 aliphatic rings. The number of anilines is 2. The van der Waals surface area contributed by atoms with Crippen molar-refractivity contribution in [3.8, 4) is 11.3 Å². The van der Waals surface area contributed by atoms with Gasteiger partial charge in [0, 0.05) is 63.3 Å². The third kappa shape index (κ3) is 4.34. The molecule has 1 fully saturated rings. The van der Waals surface area contributed by atoms with Crippen LogP contribution in [0.5, 0.6) is 0 Å². The van der Waals surface area contributed by atoms with Gasteiger partial charge in [-0.05, 0) is 25.0 Å². The molecule has 9 nitrogen and oxygen atoms in total. The second-order valence-corrected chi connectivity index (χ2v) is 7.18. The van der Waals surface area contributed by atoms with Gasteiger partial charge in [-0.1, -0.05) is 5.16 Å². The molecular weight excluding hydrogens is 370 g/mol. The summed E-state index contributed by atoms with van der Waals surface area (Å²) in [5.41, 5.74) is 1.12. The highest BCUT2D eigenvalue weighted by Gasteiger charge is 2.26. The number of hydrogen-bond acceptors (Lipinski definition) is 8. The Morgan fingerprint density at radius 2 is 2.07 bits per heavy atom. The Morgan fingerprint density at radius 1 is 1.24 bits per heavy atom. The molecule has 0 unspecified atom stereocenters. The first-order valence-corrected chi connectivity index (χ1v) is 9.52. The fourth-order valence-corrected chi connectivity index (χ4v) is 3.29. The number of nitrogens with zero attached hydrogens (tertiary/aromatic N) is 6. The van der Waals surface area contributed by atoms with Crippen LogP contribution in [0.1, 0.15) is 23.3 Å². The van der Waals surface area contributed by atoms with E-state index in [1.165, 1.54) is 0 Å². The summed E-state index contributed by atoms with van der Waals surface area (Å²) < 4.78 is 5.33. The molecule has 4 rings (SSSR count). The number of likely N-dealkylation sites (tertiary alicyclic amines) is 1. The highest BCUT2D eigenvalue weighted by atomic mass is 16.5. The SMILES string of the molecule is CN(C)c1cc(NC2CCN(C(=O)c3cc(-c4cccnc4)on3)CC2)ncn1. The monoisotopic (exact) mass is 393 g/mol. The molecule has 1 amide bonds. The minimum Gasteiger partial charge on any atom is -0.367 e. The Morgan fingerprint density at radius 3 is 2.79 bits per heavy atom. The summed E-state index contributed by atoms with van der Waals surface area (Å²) in [4.78, 5) is 29.1. The van der Waals surface area contributed by atoms with E-state index in [0.29, 0.717) is 24.5 Å². The lowest BCUT2D eigenvalue weighted by atomic mass is 10.0. The number of hydrogen-bond donors (Lipinski definition) is 1. The molecule has 1 saturated heterocycles. The number of piperidine rings is 1. The molecule has 0 bridgehead atoms. The molecule has 9 heteroatoms. The summed E-state index contributed by atoms with van der Waals surface area (Å²) in [6.07, 6.45) is 6.59. The van der Waals surface area contributed by atoms with Gasteiger partial charge in [0.1, 0.15) is 18.0 Å². The fraction of sp³-hybridized carbons (Fsp3) is 0.350. The molecule has 0 spiro atoms. The highest BCUT2D eigenvalue weighted by Crippen LogP contribution is 2.22. The van der Waals surface area contributed by atoms with Crippen molar-refractivity contribution in [1.29, 1.82) is 0 Å². The lowest BCUT2D eigenvalue weighted by molar-refractivity contribution is 0.0708. The number of rotatable bonds is 5. The van der Waals surface area contributed by atoms with Gasteiger partial charge in [0.25, 0.3) is 5.91 Å². The molecule has 0 atom stereocenters. The van der Waals surface area contributed by atoms with Crippen molar-refractivity contribution >= 4 is 17.5 Å². The van der Waals surface area contributed by atoms with Gasteiger partial charge in [-0.15, -0.1) is 0 Å². The number of amides is 1. The van der Waals surface area contributed by atoms with E-state index in [2.05, 4.69) is 25.4 Å². The maximum absolute atomic E-state index is 12.8. The molecule has 29 heavy (non-hydrogen) atoms. The maximum atomic E-state index is 12.8. The Bertz CT molecular complexity index is 966. The first-order valence-electron chi connectivity index (χ1n) is 9.52. The van der Waals surface area contributed by atoms with E-state index in [-0.39, 0.29) is 11.9 Å². The van der Waals surface area contributed by atoms with E-state index < -0.39 is 0 Å². The molecule has 3 aromatic heterocycles. The molecular formula is C20H23N7O2. The Labute approximate surface area is 168 Å². The minimum atomic E-state index is -0.112. The van der Waals surface area contributed by atoms with Gasteiger partial charge in [0.15, 0.2) is 11.5 Å². The van der Waals surface area contributed by atoms with Crippen molar-refractivity contribution in [2.75, 3.05) is 37.4 Å². The van der Waals surface area contributed by atoms with Gasteiger partial charge in [0.2, 0.25) is 0 Å². The van der Waals surface area contributed by atoms with Gasteiger partial charge < -0.3 is 19.6 Å². The third-order valence-electron chi connectivity index (χ3n) is 4.92. The van der Waals surface area contributed by atoms with Crippen LogP contribution in [-0.4, -0.2) is 64.1 Å². The van der Waals surface area contributed by atoms with Gasteiger partial charge in [-0.25, -0.2) is 9.97 Å². The molecule has 0 saturated carbocycles. The number of carbonyl (C=O) groups excluding carboxylic acids is 1. The average Bonchev–Trinajstić information content (AvgIpc) is 3.25. The molecule has 1 N–H and O–H groups in total. The zero-order valence-corrected chi connectivity index (χ0v) is 16.4. The van der Waals surface area contributed by atoms with Crippen LogP contribution in [0, 0.1) is 0 Å². The minimum absolute atomic E-state index is 0.112. The van der Waals surface area contributed by atoms with Crippen molar-refractivity contribution in [1.82, 2.24) is 25.0 Å². The van der Waals surface area contributed by atoms with E-state index in [0.717, 1.165) is 30.0 Å². The van der Waals surface area contributed by atoms with Crippen LogP contribution in [0.25, 0.3) is 11.3 Å². The van der Waals surface area contributed by atoms with Crippen LogP contribution in [0.15, 0.2) is 47.5 Å². The van der Waals surface area contributed by atoms with Crippen molar-refractivity contribution in [2.24, 2.45) is 0 Å². The Kier molecular flexibility index (Phi) is 5.37. The quantitative estimate of drug-likeness (QED) is 0.705. The van der Waals surface area contributed by atoms with E-state index >= 15 is 0 Å².